The van der Waals surface area contributed by atoms with Crippen molar-refractivity contribution in [3.8, 4) is 0 Å². The second-order valence-electron chi connectivity index (χ2n) is 2.17. The van der Waals surface area contributed by atoms with Gasteiger partial charge in [0.2, 0.25) is 5.88 Å². The monoisotopic (exact) mass is 297 g/mol. The number of methoxy groups -OCH3 is 2. The second-order valence-corrected chi connectivity index (χ2v) is 3.94. The molecule has 1 aliphatic rings. The number of halogens is 2. The minimum Gasteiger partial charge on any atom is -0.482 e. The molecule has 0 aromatic rings. The average molecular weight is 299 g/mol. The molecule has 1 atom stereocenters. The maximum absolute atomic E-state index is 5.12. The zero-order valence-electron chi connectivity index (χ0n) is 6.73. The first kappa shape index (κ1) is 10.1. The first-order chi connectivity index (χ1) is 5.69. The summed E-state index contributed by atoms with van der Waals surface area (Å²) in [4.78, 5) is 0. The summed E-state index contributed by atoms with van der Waals surface area (Å²) in [5.74, 6) is 0.671. The highest BCUT2D eigenvalue weighted by Crippen LogP contribution is 2.25. The lowest BCUT2D eigenvalue weighted by Gasteiger charge is -2.23. The van der Waals surface area contributed by atoms with Crippen LogP contribution in [0.5, 0.6) is 0 Å². The van der Waals surface area contributed by atoms with Crippen LogP contribution in [0.1, 0.15) is 0 Å². The van der Waals surface area contributed by atoms with E-state index >= 15 is 0 Å². The molecule has 1 heterocycles. The number of allylic oxidation sites excluding steroid dienone is 2. The van der Waals surface area contributed by atoms with E-state index in [4.69, 9.17) is 9.47 Å². The fraction of sp³-hybridized carbons (Fsp3) is 0.429. The van der Waals surface area contributed by atoms with Gasteiger partial charge < -0.3 is 14.8 Å². The lowest BCUT2D eigenvalue weighted by atomic mass is 10.3. The van der Waals surface area contributed by atoms with E-state index in [2.05, 4.69) is 37.2 Å². The van der Waals surface area contributed by atoms with E-state index in [0.717, 1.165) is 8.96 Å². The maximum atomic E-state index is 5.12. The normalized spacial score (nSPS) is 23.3. The number of dihydropyridines is 1. The van der Waals surface area contributed by atoms with Gasteiger partial charge in [-0.05, 0) is 22.0 Å². The topological polar surface area (TPSA) is 30.5 Å². The van der Waals surface area contributed by atoms with Gasteiger partial charge in [-0.15, -0.1) is 0 Å². The molecule has 12 heavy (non-hydrogen) atoms. The van der Waals surface area contributed by atoms with Gasteiger partial charge in [0.1, 0.15) is 0 Å². The number of nitrogens with one attached hydrogen (secondary N) is 1. The van der Waals surface area contributed by atoms with E-state index in [-0.39, 0.29) is 6.23 Å². The Labute approximate surface area is 88.1 Å². The van der Waals surface area contributed by atoms with Gasteiger partial charge in [-0.25, -0.2) is 0 Å². The third-order valence-electron chi connectivity index (χ3n) is 1.43. The first-order valence-electron chi connectivity index (χ1n) is 3.29. The molecule has 3 nitrogen and oxygen atoms in total. The van der Waals surface area contributed by atoms with Crippen LogP contribution in [0.2, 0.25) is 0 Å². The van der Waals surface area contributed by atoms with Gasteiger partial charge in [0.05, 0.1) is 11.6 Å². The molecule has 0 saturated carbocycles. The molecule has 0 saturated heterocycles. The Kier molecular flexibility index (Phi) is 3.61. The van der Waals surface area contributed by atoms with Crippen LogP contribution in [0, 0.1) is 0 Å². The minimum atomic E-state index is -0.166. The van der Waals surface area contributed by atoms with Crippen molar-refractivity contribution in [3.63, 3.8) is 0 Å². The third kappa shape index (κ3) is 2.02. The molecule has 0 bridgehead atoms. The van der Waals surface area contributed by atoms with Gasteiger partial charge >= 0.3 is 0 Å². The average Bonchev–Trinajstić information content (AvgIpc) is 2.05. The Morgan fingerprint density at radius 2 is 2.08 bits per heavy atom. The SMILES string of the molecule is COC1=C(Br)C=C(Br)C(OC)N1. The smallest absolute Gasteiger partial charge is 0.203 e. The quantitative estimate of drug-likeness (QED) is 0.846. The van der Waals surface area contributed by atoms with Gasteiger partial charge in [0, 0.05) is 11.6 Å². The van der Waals surface area contributed by atoms with Crippen molar-refractivity contribution in [1.82, 2.24) is 5.32 Å². The molecule has 0 amide bonds. The van der Waals surface area contributed by atoms with Crippen LogP contribution >= 0.6 is 31.9 Å². The molecule has 0 aromatic heterocycles. The highest BCUT2D eigenvalue weighted by atomic mass is 79.9. The summed E-state index contributed by atoms with van der Waals surface area (Å²) in [7, 11) is 3.22. The number of hydrogen-bond donors (Lipinski definition) is 1. The molecule has 5 heteroatoms. The molecule has 1 N–H and O–H groups in total. The molecule has 0 fully saturated rings. The van der Waals surface area contributed by atoms with E-state index in [1.54, 1.807) is 14.2 Å². The Bertz CT molecular complexity index is 238. The van der Waals surface area contributed by atoms with Crippen LogP contribution in [0.25, 0.3) is 0 Å². The zero-order valence-corrected chi connectivity index (χ0v) is 9.90. The zero-order chi connectivity index (χ0) is 9.14. The minimum absolute atomic E-state index is 0.166. The third-order valence-corrected chi connectivity index (χ3v) is 2.67. The standard InChI is InChI=1S/C7H9Br2NO2/c1-11-6-4(8)3-5(9)7(10-6)12-2/h3,6,10H,1-2H3. The van der Waals surface area contributed by atoms with Crippen LogP contribution in [0.4, 0.5) is 0 Å². The summed E-state index contributed by atoms with van der Waals surface area (Å²) >= 11 is 6.71. The number of rotatable bonds is 2. The summed E-state index contributed by atoms with van der Waals surface area (Å²) in [5.41, 5.74) is 0. The van der Waals surface area contributed by atoms with Gasteiger partial charge in [0.25, 0.3) is 0 Å². The largest absolute Gasteiger partial charge is 0.482 e. The summed E-state index contributed by atoms with van der Waals surface area (Å²) in [6.07, 6.45) is 1.73. The fourth-order valence-corrected chi connectivity index (χ4v) is 2.21. The molecule has 1 aliphatic heterocycles. The lowest BCUT2D eigenvalue weighted by Crippen LogP contribution is -2.33. The second kappa shape index (κ2) is 4.30. The molecular formula is C7H9Br2NO2. The van der Waals surface area contributed by atoms with E-state index in [0.29, 0.717) is 5.88 Å². The lowest BCUT2D eigenvalue weighted by molar-refractivity contribution is 0.0942. The van der Waals surface area contributed by atoms with Crippen molar-refractivity contribution < 1.29 is 9.47 Å². The molecule has 1 unspecified atom stereocenters. The van der Waals surface area contributed by atoms with Crippen molar-refractivity contribution in [2.24, 2.45) is 0 Å². The highest BCUT2D eigenvalue weighted by molar-refractivity contribution is 9.12. The molecule has 1 rings (SSSR count). The maximum Gasteiger partial charge on any atom is 0.203 e. The molecule has 0 aliphatic carbocycles. The Hall–Kier alpha value is -0.0000000000000000833. The van der Waals surface area contributed by atoms with Crippen LogP contribution in [0.15, 0.2) is 20.9 Å². The molecule has 0 spiro atoms. The Morgan fingerprint density at radius 3 is 2.58 bits per heavy atom. The predicted molar refractivity (Wildman–Crippen MR) is 53.9 cm³/mol. The van der Waals surface area contributed by atoms with E-state index in [1.165, 1.54) is 0 Å². The number of ether oxygens (including phenoxy) is 2. The van der Waals surface area contributed by atoms with Crippen molar-refractivity contribution in [2.75, 3.05) is 14.2 Å². The molecule has 0 radical (unpaired) electrons. The van der Waals surface area contributed by atoms with Crippen LogP contribution < -0.4 is 5.32 Å². The Morgan fingerprint density at radius 1 is 1.42 bits per heavy atom. The summed E-state index contributed by atoms with van der Waals surface area (Å²) < 4.78 is 12.0. The van der Waals surface area contributed by atoms with Crippen molar-refractivity contribution in [2.45, 2.75) is 6.23 Å². The summed E-state index contributed by atoms with van der Waals surface area (Å²) in [6, 6.07) is 0. The highest BCUT2D eigenvalue weighted by Gasteiger charge is 2.19. The molecule has 68 valence electrons. The van der Waals surface area contributed by atoms with E-state index in [9.17, 15) is 0 Å². The molecule has 0 aromatic carbocycles. The van der Waals surface area contributed by atoms with Gasteiger partial charge in [0.15, 0.2) is 6.23 Å². The predicted octanol–water partition coefficient (Wildman–Crippen LogP) is 2.05. The van der Waals surface area contributed by atoms with Crippen LogP contribution in [0.3, 0.4) is 0 Å². The van der Waals surface area contributed by atoms with Crippen LogP contribution in [-0.4, -0.2) is 20.4 Å². The van der Waals surface area contributed by atoms with Crippen molar-refractivity contribution in [3.05, 3.63) is 20.9 Å². The number of hydrogen-bond acceptors (Lipinski definition) is 3. The van der Waals surface area contributed by atoms with Crippen molar-refractivity contribution >= 4 is 31.9 Å². The van der Waals surface area contributed by atoms with Gasteiger partial charge in [-0.3, -0.25) is 0 Å². The first-order valence-corrected chi connectivity index (χ1v) is 4.87. The van der Waals surface area contributed by atoms with E-state index < -0.39 is 0 Å². The summed E-state index contributed by atoms with van der Waals surface area (Å²) in [6.45, 7) is 0. The summed E-state index contributed by atoms with van der Waals surface area (Å²) in [5, 5.41) is 3.03. The van der Waals surface area contributed by atoms with E-state index in [1.807, 2.05) is 6.08 Å². The Balaban J connectivity index is 2.83. The fourth-order valence-electron chi connectivity index (χ4n) is 0.847. The molecular weight excluding hydrogens is 290 g/mol. The van der Waals surface area contributed by atoms with Crippen molar-refractivity contribution in [1.29, 1.82) is 0 Å². The van der Waals surface area contributed by atoms with Gasteiger partial charge in [-0.1, -0.05) is 15.9 Å². The van der Waals surface area contributed by atoms with Gasteiger partial charge in [-0.2, -0.15) is 0 Å². The van der Waals surface area contributed by atoms with Crippen LogP contribution in [-0.2, 0) is 9.47 Å².